The number of carbonyl (C=O) groups excluding carboxylic acids is 2. The van der Waals surface area contributed by atoms with Crippen molar-refractivity contribution in [3.05, 3.63) is 47.5 Å². The molecule has 4 aliphatic rings. The van der Waals surface area contributed by atoms with E-state index >= 15 is 0 Å². The van der Waals surface area contributed by atoms with Gasteiger partial charge < -0.3 is 10.6 Å². The van der Waals surface area contributed by atoms with Crippen molar-refractivity contribution in [2.75, 3.05) is 0 Å². The van der Waals surface area contributed by atoms with Crippen LogP contribution in [-0.2, 0) is 21.3 Å². The molecule has 7 heteroatoms. The number of benzene rings is 1. The molecule has 3 aliphatic carbocycles. The van der Waals surface area contributed by atoms with Gasteiger partial charge in [-0.2, -0.15) is 13.2 Å². The Morgan fingerprint density at radius 3 is 2.37 bits per heavy atom. The topological polar surface area (TPSA) is 63.4 Å². The summed E-state index contributed by atoms with van der Waals surface area (Å²) in [5, 5.41) is 0. The van der Waals surface area contributed by atoms with Gasteiger partial charge in [0.15, 0.2) is 0 Å². The van der Waals surface area contributed by atoms with Crippen molar-refractivity contribution in [2.45, 2.75) is 83.5 Å². The summed E-state index contributed by atoms with van der Waals surface area (Å²) in [5.74, 6) is 0.0887. The molecule has 0 aromatic heterocycles. The van der Waals surface area contributed by atoms with Crippen molar-refractivity contribution in [3.63, 3.8) is 0 Å². The molecule has 7 atom stereocenters. The number of nitrogens with zero attached hydrogens (tertiary/aromatic N) is 1. The number of halogens is 3. The second-order valence-electron chi connectivity index (χ2n) is 11.9. The van der Waals surface area contributed by atoms with Crippen LogP contribution in [-0.4, -0.2) is 22.8 Å². The number of rotatable bonds is 3. The summed E-state index contributed by atoms with van der Waals surface area (Å²) in [6.07, 6.45) is 6.24. The lowest BCUT2D eigenvalue weighted by atomic mass is 9.48. The first-order chi connectivity index (χ1) is 16.3. The minimum atomic E-state index is -4.68. The zero-order chi connectivity index (χ0) is 25.4. The highest BCUT2D eigenvalue weighted by Crippen LogP contribution is 2.64. The number of hydrogen-bond donors (Lipinski definition) is 1. The Hall–Kier alpha value is -2.31. The van der Waals surface area contributed by atoms with Crippen molar-refractivity contribution in [3.8, 4) is 0 Å². The summed E-state index contributed by atoms with van der Waals surface area (Å²) >= 11 is 0. The van der Waals surface area contributed by atoms with Gasteiger partial charge in [-0.25, -0.2) is 0 Å². The Labute approximate surface area is 205 Å². The summed E-state index contributed by atoms with van der Waals surface area (Å²) in [6, 6.07) is 4.60. The highest BCUT2D eigenvalue weighted by Gasteiger charge is 2.61. The maximum atomic E-state index is 14.0. The first kappa shape index (κ1) is 24.4. The normalized spacial score (nSPS) is 38.3. The SMILES string of the molecule is CC(C(N)=O)(c1ccccc1C(F)(F)F)N1C(=O)C=C[C@@]2(C)C1CC[C@@H]1[C@H]2CC[C@]2(C)CCC[C@@H]12. The smallest absolute Gasteiger partial charge is 0.367 e. The molecule has 5 rings (SSSR count). The van der Waals surface area contributed by atoms with Gasteiger partial charge in [-0.05, 0) is 86.3 Å². The monoisotopic (exact) mass is 488 g/mol. The van der Waals surface area contributed by atoms with E-state index in [4.69, 9.17) is 5.73 Å². The van der Waals surface area contributed by atoms with Crippen molar-refractivity contribution in [1.82, 2.24) is 4.90 Å². The maximum absolute atomic E-state index is 14.0. The van der Waals surface area contributed by atoms with Gasteiger partial charge in [0, 0.05) is 11.5 Å². The first-order valence-electron chi connectivity index (χ1n) is 12.8. The molecule has 1 aromatic rings. The van der Waals surface area contributed by atoms with Gasteiger partial charge in [-0.1, -0.05) is 44.5 Å². The quantitative estimate of drug-likeness (QED) is 0.584. The predicted octanol–water partition coefficient (Wildman–Crippen LogP) is 5.81. The summed E-state index contributed by atoms with van der Waals surface area (Å²) in [6.45, 7) is 5.94. The minimum absolute atomic E-state index is 0.264. The molecular weight excluding hydrogens is 453 g/mol. The van der Waals surface area contributed by atoms with Crippen LogP contribution in [0, 0.1) is 28.6 Å². The molecule has 0 radical (unpaired) electrons. The molecule has 1 heterocycles. The fourth-order valence-electron chi connectivity index (χ4n) is 8.56. The average molecular weight is 489 g/mol. The summed E-state index contributed by atoms with van der Waals surface area (Å²) in [4.78, 5) is 27.9. The van der Waals surface area contributed by atoms with E-state index in [2.05, 4.69) is 13.8 Å². The van der Waals surface area contributed by atoms with Crippen LogP contribution in [0.2, 0.25) is 0 Å². The lowest BCUT2D eigenvalue weighted by molar-refractivity contribution is -0.162. The molecule has 2 amide bonds. The maximum Gasteiger partial charge on any atom is 0.416 e. The van der Waals surface area contributed by atoms with E-state index in [1.54, 1.807) is 0 Å². The van der Waals surface area contributed by atoms with E-state index in [1.807, 2.05) is 6.08 Å². The van der Waals surface area contributed by atoms with E-state index in [1.165, 1.54) is 55.4 Å². The fraction of sp³-hybridized carbons (Fsp3) is 0.643. The van der Waals surface area contributed by atoms with Gasteiger partial charge in [0.25, 0.3) is 0 Å². The van der Waals surface area contributed by atoms with Crippen molar-refractivity contribution >= 4 is 11.8 Å². The zero-order valence-corrected chi connectivity index (χ0v) is 20.7. The zero-order valence-electron chi connectivity index (χ0n) is 20.7. The van der Waals surface area contributed by atoms with Crippen molar-refractivity contribution < 1.29 is 22.8 Å². The Kier molecular flexibility index (Phi) is 5.46. The minimum Gasteiger partial charge on any atom is -0.367 e. The van der Waals surface area contributed by atoms with Crippen LogP contribution in [0.4, 0.5) is 13.2 Å². The summed E-state index contributed by atoms with van der Waals surface area (Å²) in [5.41, 5.74) is 2.69. The molecule has 35 heavy (non-hydrogen) atoms. The van der Waals surface area contributed by atoms with Gasteiger partial charge in [0.05, 0.1) is 5.56 Å². The van der Waals surface area contributed by atoms with Gasteiger partial charge >= 0.3 is 6.18 Å². The Bertz CT molecular complexity index is 1080. The van der Waals surface area contributed by atoms with Crippen LogP contribution in [0.5, 0.6) is 0 Å². The molecule has 0 spiro atoms. The Balaban J connectivity index is 1.61. The molecule has 2 N–H and O–H groups in total. The molecule has 4 nitrogen and oxygen atoms in total. The van der Waals surface area contributed by atoms with E-state index in [0.29, 0.717) is 29.6 Å². The molecule has 0 saturated heterocycles. The number of hydrogen-bond acceptors (Lipinski definition) is 2. The highest BCUT2D eigenvalue weighted by molar-refractivity contribution is 5.96. The van der Waals surface area contributed by atoms with E-state index in [0.717, 1.165) is 25.3 Å². The first-order valence-corrected chi connectivity index (χ1v) is 12.8. The van der Waals surface area contributed by atoms with Crippen LogP contribution in [0.25, 0.3) is 0 Å². The average Bonchev–Trinajstić information content (AvgIpc) is 3.20. The van der Waals surface area contributed by atoms with E-state index < -0.39 is 40.5 Å². The number of alkyl halides is 3. The number of carbonyl (C=O) groups is 2. The standard InChI is InChI=1S/C28H35F3N2O2/c1-25-14-6-9-18(25)17-10-11-22-26(2,19(17)12-15-25)16-13-23(34)33(22)27(3,24(32)35)20-7-4-5-8-21(20)28(29,30)31/h4-5,7-8,13,16-19,22H,6,9-12,14-15H2,1-3H3,(H2,32,35)/t17-,18-,19+,22?,25-,26+,27?/m0/s1. The third kappa shape index (κ3) is 3.40. The van der Waals surface area contributed by atoms with Crippen LogP contribution in [0.15, 0.2) is 36.4 Å². The number of amides is 2. The van der Waals surface area contributed by atoms with Crippen LogP contribution in [0.3, 0.4) is 0 Å². The van der Waals surface area contributed by atoms with E-state index in [9.17, 15) is 22.8 Å². The molecule has 2 unspecified atom stereocenters. The largest absolute Gasteiger partial charge is 0.416 e. The highest BCUT2D eigenvalue weighted by atomic mass is 19.4. The molecule has 1 aromatic carbocycles. The molecule has 3 saturated carbocycles. The molecule has 0 bridgehead atoms. The fourth-order valence-corrected chi connectivity index (χ4v) is 8.56. The number of nitrogens with two attached hydrogens (primary N) is 1. The van der Waals surface area contributed by atoms with Gasteiger partial charge in [-0.15, -0.1) is 0 Å². The van der Waals surface area contributed by atoms with Crippen LogP contribution >= 0.6 is 0 Å². The molecule has 1 aliphatic heterocycles. The third-order valence-corrected chi connectivity index (χ3v) is 10.4. The van der Waals surface area contributed by atoms with Crippen molar-refractivity contribution in [1.29, 1.82) is 0 Å². The van der Waals surface area contributed by atoms with Crippen LogP contribution < -0.4 is 5.73 Å². The number of fused-ring (bicyclic) bond motifs is 5. The Morgan fingerprint density at radius 1 is 1.03 bits per heavy atom. The molecule has 3 fully saturated rings. The predicted molar refractivity (Wildman–Crippen MR) is 127 cm³/mol. The van der Waals surface area contributed by atoms with Gasteiger partial charge in [0.2, 0.25) is 11.8 Å². The second-order valence-corrected chi connectivity index (χ2v) is 11.9. The summed E-state index contributed by atoms with van der Waals surface area (Å²) < 4.78 is 42.1. The van der Waals surface area contributed by atoms with E-state index in [-0.39, 0.29) is 5.56 Å². The second kappa shape index (κ2) is 7.84. The van der Waals surface area contributed by atoms with Gasteiger partial charge in [-0.3, -0.25) is 9.59 Å². The van der Waals surface area contributed by atoms with Gasteiger partial charge in [0.1, 0.15) is 5.54 Å². The number of primary amides is 1. The summed E-state index contributed by atoms with van der Waals surface area (Å²) in [7, 11) is 0. The van der Waals surface area contributed by atoms with Crippen molar-refractivity contribution in [2.24, 2.45) is 34.3 Å². The lowest BCUT2D eigenvalue weighted by Crippen LogP contribution is -2.67. The molecular formula is C28H35F3N2O2. The van der Waals surface area contributed by atoms with Crippen LogP contribution in [0.1, 0.15) is 76.8 Å². The third-order valence-electron chi connectivity index (χ3n) is 10.4. The lowest BCUT2D eigenvalue weighted by Gasteiger charge is -2.62. The Morgan fingerprint density at radius 2 is 1.71 bits per heavy atom. The molecule has 190 valence electrons.